The van der Waals surface area contributed by atoms with Gasteiger partial charge in [-0.3, -0.25) is 0 Å². The van der Waals surface area contributed by atoms with Gasteiger partial charge in [0.25, 0.3) is 0 Å². The number of urea groups is 1. The van der Waals surface area contributed by atoms with Crippen LogP contribution >= 0.6 is 0 Å². The van der Waals surface area contributed by atoms with Crippen molar-refractivity contribution in [2.24, 2.45) is 5.41 Å². The second-order valence-corrected chi connectivity index (χ2v) is 6.71. The summed E-state index contributed by atoms with van der Waals surface area (Å²) in [5, 5.41) is 9.58. The Hall–Kier alpha value is -2.37. The van der Waals surface area contributed by atoms with Crippen molar-refractivity contribution >= 4 is 6.03 Å². The summed E-state index contributed by atoms with van der Waals surface area (Å²) in [6.07, 6.45) is 0. The van der Waals surface area contributed by atoms with Crippen molar-refractivity contribution in [1.29, 1.82) is 0 Å². The summed E-state index contributed by atoms with van der Waals surface area (Å²) < 4.78 is 4.88. The minimum atomic E-state index is -0.254. The average Bonchev–Trinajstić information content (AvgIpc) is 2.88. The maximum atomic E-state index is 12.3. The number of amides is 2. The maximum Gasteiger partial charge on any atom is 0.315 e. The molecule has 0 aliphatic carbocycles. The molecule has 0 aliphatic heterocycles. The molecule has 1 atom stereocenters. The van der Waals surface area contributed by atoms with E-state index in [1.54, 1.807) is 6.92 Å². The van der Waals surface area contributed by atoms with Crippen LogP contribution in [0.4, 0.5) is 4.79 Å². The first-order valence-corrected chi connectivity index (χ1v) is 7.66. The summed E-state index contributed by atoms with van der Waals surface area (Å²) in [6, 6.07) is 7.73. The molecule has 0 radical (unpaired) electrons. The van der Waals surface area contributed by atoms with Crippen molar-refractivity contribution in [2.75, 3.05) is 0 Å². The first kappa shape index (κ1) is 17.0. The van der Waals surface area contributed by atoms with Gasteiger partial charge in [0.05, 0.1) is 12.6 Å². The van der Waals surface area contributed by atoms with Crippen LogP contribution in [0.3, 0.4) is 0 Å². The third-order valence-corrected chi connectivity index (χ3v) is 3.62. The zero-order valence-corrected chi connectivity index (χ0v) is 14.3. The van der Waals surface area contributed by atoms with E-state index in [0.717, 1.165) is 11.1 Å². The molecule has 0 fully saturated rings. The number of nitrogens with one attached hydrogen (secondary N) is 2. The molecular weight excluding hydrogens is 292 g/mol. The van der Waals surface area contributed by atoms with Crippen LogP contribution in [0.25, 0.3) is 0 Å². The third-order valence-electron chi connectivity index (χ3n) is 3.62. The Morgan fingerprint density at radius 3 is 2.52 bits per heavy atom. The molecule has 2 amide bonds. The fourth-order valence-corrected chi connectivity index (χ4v) is 2.43. The number of hydrogen-bond acceptors (Lipinski definition) is 4. The van der Waals surface area contributed by atoms with Crippen LogP contribution in [0, 0.1) is 19.3 Å². The molecule has 1 aromatic carbocycles. The number of rotatable bonds is 4. The van der Waals surface area contributed by atoms with Crippen LogP contribution in [0.15, 0.2) is 28.8 Å². The zero-order valence-electron chi connectivity index (χ0n) is 14.3. The predicted octanol–water partition coefficient (Wildman–Crippen LogP) is 3.27. The van der Waals surface area contributed by atoms with Gasteiger partial charge in [-0.05, 0) is 23.5 Å². The van der Waals surface area contributed by atoms with Crippen molar-refractivity contribution in [1.82, 2.24) is 20.8 Å². The molecule has 2 N–H and O–H groups in total. The number of carbonyl (C=O) groups excluding carboxylic acids is 1. The first-order valence-electron chi connectivity index (χ1n) is 7.66. The molecule has 6 nitrogen and oxygen atoms in total. The van der Waals surface area contributed by atoms with Gasteiger partial charge in [0.15, 0.2) is 5.82 Å². The second-order valence-electron chi connectivity index (χ2n) is 6.71. The Kier molecular flexibility index (Phi) is 5.03. The number of aryl methyl sites for hydroxylation is 2. The van der Waals surface area contributed by atoms with Crippen molar-refractivity contribution in [3.05, 3.63) is 47.1 Å². The summed E-state index contributed by atoms with van der Waals surface area (Å²) in [7, 11) is 0. The van der Waals surface area contributed by atoms with Gasteiger partial charge < -0.3 is 15.2 Å². The van der Waals surface area contributed by atoms with Crippen LogP contribution in [-0.4, -0.2) is 16.2 Å². The topological polar surface area (TPSA) is 80.0 Å². The summed E-state index contributed by atoms with van der Waals surface area (Å²) in [5.41, 5.74) is 2.15. The molecule has 124 valence electrons. The molecule has 1 aromatic heterocycles. The van der Waals surface area contributed by atoms with Crippen LogP contribution in [0.1, 0.15) is 49.7 Å². The number of carbonyl (C=O) groups is 1. The van der Waals surface area contributed by atoms with Gasteiger partial charge in [-0.25, -0.2) is 4.79 Å². The van der Waals surface area contributed by atoms with E-state index < -0.39 is 0 Å². The minimum absolute atomic E-state index is 0.101. The standard InChI is InChI=1S/C17H24N4O2/c1-11-8-6-7-9-13(11)15(17(3,4)5)20-16(22)18-10-14-19-12(2)23-21-14/h6-9,15H,10H2,1-5H3,(H2,18,20,22). The molecule has 0 bridgehead atoms. The SMILES string of the molecule is Cc1nc(CNC(=O)NC(c2ccccc2C)C(C)(C)C)no1. The summed E-state index contributed by atoms with van der Waals surface area (Å²) in [5.74, 6) is 0.940. The van der Waals surface area contributed by atoms with Crippen LogP contribution < -0.4 is 10.6 Å². The lowest BCUT2D eigenvalue weighted by atomic mass is 9.81. The van der Waals surface area contributed by atoms with E-state index in [9.17, 15) is 4.79 Å². The van der Waals surface area contributed by atoms with Crippen molar-refractivity contribution in [3.63, 3.8) is 0 Å². The second kappa shape index (κ2) is 6.81. The predicted molar refractivity (Wildman–Crippen MR) is 87.8 cm³/mol. The molecule has 1 unspecified atom stereocenters. The summed E-state index contributed by atoms with van der Waals surface area (Å²) in [6.45, 7) is 10.3. The molecule has 0 saturated heterocycles. The highest BCUT2D eigenvalue weighted by Gasteiger charge is 2.28. The molecule has 2 aromatic rings. The molecule has 2 rings (SSSR count). The molecule has 0 saturated carbocycles. The van der Waals surface area contributed by atoms with Crippen LogP contribution in [-0.2, 0) is 6.54 Å². The van der Waals surface area contributed by atoms with E-state index in [1.807, 2.05) is 18.2 Å². The fourth-order valence-electron chi connectivity index (χ4n) is 2.43. The monoisotopic (exact) mass is 316 g/mol. The zero-order chi connectivity index (χ0) is 17.0. The Morgan fingerprint density at radius 1 is 1.26 bits per heavy atom. The largest absolute Gasteiger partial charge is 0.340 e. The Bertz CT molecular complexity index is 673. The van der Waals surface area contributed by atoms with Gasteiger partial charge in [0, 0.05) is 6.92 Å². The van der Waals surface area contributed by atoms with Crippen molar-refractivity contribution in [2.45, 2.75) is 47.2 Å². The van der Waals surface area contributed by atoms with E-state index in [2.05, 4.69) is 54.5 Å². The number of hydrogen-bond donors (Lipinski definition) is 2. The normalized spacial score (nSPS) is 12.7. The molecule has 0 spiro atoms. The lowest BCUT2D eigenvalue weighted by Gasteiger charge is -2.33. The Labute approximate surface area is 136 Å². The van der Waals surface area contributed by atoms with E-state index >= 15 is 0 Å². The third kappa shape index (κ3) is 4.55. The average molecular weight is 316 g/mol. The van der Waals surface area contributed by atoms with E-state index in [-0.39, 0.29) is 24.0 Å². The molecule has 1 heterocycles. The molecule has 23 heavy (non-hydrogen) atoms. The van der Waals surface area contributed by atoms with Gasteiger partial charge in [0.2, 0.25) is 5.89 Å². The van der Waals surface area contributed by atoms with Gasteiger partial charge >= 0.3 is 6.03 Å². The van der Waals surface area contributed by atoms with E-state index in [0.29, 0.717) is 11.7 Å². The molecule has 6 heteroatoms. The smallest absolute Gasteiger partial charge is 0.315 e. The quantitative estimate of drug-likeness (QED) is 0.907. The van der Waals surface area contributed by atoms with Crippen LogP contribution in [0.2, 0.25) is 0 Å². The van der Waals surface area contributed by atoms with E-state index in [4.69, 9.17) is 4.52 Å². The highest BCUT2D eigenvalue weighted by molar-refractivity contribution is 5.74. The lowest BCUT2D eigenvalue weighted by Crippen LogP contribution is -2.42. The van der Waals surface area contributed by atoms with Gasteiger partial charge in [-0.2, -0.15) is 4.98 Å². The minimum Gasteiger partial charge on any atom is -0.340 e. The fraction of sp³-hybridized carbons (Fsp3) is 0.471. The van der Waals surface area contributed by atoms with Crippen molar-refractivity contribution in [3.8, 4) is 0 Å². The molecular formula is C17H24N4O2. The van der Waals surface area contributed by atoms with Crippen molar-refractivity contribution < 1.29 is 9.32 Å². The number of nitrogens with zero attached hydrogens (tertiary/aromatic N) is 2. The van der Waals surface area contributed by atoms with Gasteiger partial charge in [-0.1, -0.05) is 50.2 Å². The highest BCUT2D eigenvalue weighted by Crippen LogP contribution is 2.34. The van der Waals surface area contributed by atoms with E-state index in [1.165, 1.54) is 0 Å². The highest BCUT2D eigenvalue weighted by atomic mass is 16.5. The number of benzene rings is 1. The number of aromatic nitrogens is 2. The van der Waals surface area contributed by atoms with Crippen LogP contribution in [0.5, 0.6) is 0 Å². The Morgan fingerprint density at radius 2 is 1.96 bits per heavy atom. The van der Waals surface area contributed by atoms with Gasteiger partial charge in [-0.15, -0.1) is 0 Å². The molecule has 0 aliphatic rings. The maximum absolute atomic E-state index is 12.3. The summed E-state index contributed by atoms with van der Waals surface area (Å²) >= 11 is 0. The van der Waals surface area contributed by atoms with Gasteiger partial charge in [0.1, 0.15) is 0 Å². The lowest BCUT2D eigenvalue weighted by molar-refractivity contribution is 0.217. The first-order chi connectivity index (χ1) is 10.8. The Balaban J connectivity index is 2.06. The summed E-state index contributed by atoms with van der Waals surface area (Å²) in [4.78, 5) is 16.3.